The van der Waals surface area contributed by atoms with E-state index in [1.54, 1.807) is 13.3 Å². The average molecular weight is 147 g/mol. The molecule has 2 rings (SSSR count). The summed E-state index contributed by atoms with van der Waals surface area (Å²) in [7, 11) is 1.63. The minimum absolute atomic E-state index is 0.772. The molecule has 0 aromatic carbocycles. The fourth-order valence-electron chi connectivity index (χ4n) is 1.02. The van der Waals surface area contributed by atoms with Crippen molar-refractivity contribution in [2.24, 2.45) is 0 Å². The molecular formula is C8H7N2O. The van der Waals surface area contributed by atoms with Crippen molar-refractivity contribution >= 4 is 5.65 Å². The van der Waals surface area contributed by atoms with Crippen molar-refractivity contribution in [3.05, 3.63) is 30.7 Å². The fourth-order valence-corrected chi connectivity index (χ4v) is 1.02. The van der Waals surface area contributed by atoms with Gasteiger partial charge in [-0.2, -0.15) is 0 Å². The molecule has 0 aliphatic carbocycles. The van der Waals surface area contributed by atoms with Crippen LogP contribution in [0.2, 0.25) is 0 Å². The van der Waals surface area contributed by atoms with Crippen molar-refractivity contribution < 1.29 is 4.74 Å². The largest absolute Gasteiger partial charge is 0.493 e. The smallest absolute Gasteiger partial charge is 0.180 e. The summed E-state index contributed by atoms with van der Waals surface area (Å²) in [6.07, 6.45) is 6.41. The molecular weight excluding hydrogens is 140 g/mol. The van der Waals surface area contributed by atoms with Gasteiger partial charge in [0, 0.05) is 12.4 Å². The quantitative estimate of drug-likeness (QED) is 0.604. The highest BCUT2D eigenvalue weighted by Crippen LogP contribution is 2.15. The Kier molecular flexibility index (Phi) is 1.28. The summed E-state index contributed by atoms with van der Waals surface area (Å²) in [6.45, 7) is 0. The van der Waals surface area contributed by atoms with Crippen LogP contribution in [-0.2, 0) is 0 Å². The lowest BCUT2D eigenvalue weighted by Crippen LogP contribution is -1.88. The third-order valence-corrected chi connectivity index (χ3v) is 1.55. The number of fused-ring (bicyclic) bond motifs is 1. The van der Waals surface area contributed by atoms with Crippen molar-refractivity contribution in [3.8, 4) is 5.75 Å². The van der Waals surface area contributed by atoms with E-state index in [0.717, 1.165) is 11.4 Å². The minimum Gasteiger partial charge on any atom is -0.493 e. The summed E-state index contributed by atoms with van der Waals surface area (Å²) in [5.41, 5.74) is 0.801. The minimum atomic E-state index is 0.772. The van der Waals surface area contributed by atoms with Gasteiger partial charge < -0.3 is 9.14 Å². The zero-order valence-corrected chi connectivity index (χ0v) is 6.11. The van der Waals surface area contributed by atoms with Crippen LogP contribution >= 0.6 is 0 Å². The third-order valence-electron chi connectivity index (χ3n) is 1.55. The molecule has 3 nitrogen and oxygen atoms in total. The number of methoxy groups -OCH3 is 1. The van der Waals surface area contributed by atoms with Crippen LogP contribution in [0.5, 0.6) is 5.75 Å². The zero-order valence-electron chi connectivity index (χ0n) is 6.11. The first kappa shape index (κ1) is 6.22. The second-order valence-corrected chi connectivity index (χ2v) is 2.18. The van der Waals surface area contributed by atoms with E-state index in [1.807, 2.05) is 22.7 Å². The number of hydrogen-bond acceptors (Lipinski definition) is 2. The van der Waals surface area contributed by atoms with Gasteiger partial charge in [0.1, 0.15) is 6.20 Å². The lowest BCUT2D eigenvalue weighted by molar-refractivity contribution is 0.417. The number of rotatable bonds is 1. The van der Waals surface area contributed by atoms with E-state index < -0.39 is 0 Å². The molecule has 0 atom stereocenters. The standard InChI is InChI=1S/C8H7N2O/c1-11-7-3-2-5-10-6-4-9-8(7)10/h2-3,5-6H,1H3. The fraction of sp³-hybridized carbons (Fsp3) is 0.125. The van der Waals surface area contributed by atoms with Crippen molar-refractivity contribution in [3.63, 3.8) is 0 Å². The van der Waals surface area contributed by atoms with Crippen LogP contribution in [0, 0.1) is 6.20 Å². The normalized spacial score (nSPS) is 10.3. The first-order valence-corrected chi connectivity index (χ1v) is 3.29. The van der Waals surface area contributed by atoms with Crippen LogP contribution in [0.15, 0.2) is 24.5 Å². The summed E-state index contributed by atoms with van der Waals surface area (Å²) in [4.78, 5) is 4.00. The van der Waals surface area contributed by atoms with Gasteiger partial charge in [-0.1, -0.05) is 0 Å². The molecule has 0 saturated heterocycles. The Morgan fingerprint density at radius 1 is 1.64 bits per heavy atom. The molecule has 55 valence electrons. The number of imidazole rings is 1. The van der Waals surface area contributed by atoms with Crippen molar-refractivity contribution in [1.29, 1.82) is 0 Å². The molecule has 11 heavy (non-hydrogen) atoms. The van der Waals surface area contributed by atoms with E-state index in [1.165, 1.54) is 0 Å². The molecule has 2 aromatic rings. The van der Waals surface area contributed by atoms with Gasteiger partial charge in [0.15, 0.2) is 11.4 Å². The van der Waals surface area contributed by atoms with E-state index in [-0.39, 0.29) is 0 Å². The van der Waals surface area contributed by atoms with Crippen molar-refractivity contribution in [1.82, 2.24) is 9.38 Å². The molecule has 0 amide bonds. The molecule has 2 heterocycles. The molecule has 0 fully saturated rings. The molecule has 1 radical (unpaired) electrons. The Morgan fingerprint density at radius 3 is 3.36 bits per heavy atom. The van der Waals surface area contributed by atoms with Crippen LogP contribution in [0.1, 0.15) is 0 Å². The Hall–Kier alpha value is -1.51. The summed E-state index contributed by atoms with van der Waals surface area (Å²) < 4.78 is 6.94. The molecule has 0 aliphatic rings. The summed E-state index contributed by atoms with van der Waals surface area (Å²) in [5, 5.41) is 0. The molecule has 0 bridgehead atoms. The SMILES string of the molecule is COc1cccn2c[c]nc12. The van der Waals surface area contributed by atoms with Crippen LogP contribution in [0.3, 0.4) is 0 Å². The lowest BCUT2D eigenvalue weighted by atomic mass is 10.4. The highest BCUT2D eigenvalue weighted by molar-refractivity contribution is 5.52. The molecule has 0 N–H and O–H groups in total. The molecule has 0 saturated carbocycles. The second-order valence-electron chi connectivity index (χ2n) is 2.18. The number of pyridine rings is 1. The molecule has 0 unspecified atom stereocenters. The predicted octanol–water partition coefficient (Wildman–Crippen LogP) is 1.14. The van der Waals surface area contributed by atoms with Crippen molar-refractivity contribution in [2.75, 3.05) is 7.11 Å². The van der Waals surface area contributed by atoms with Gasteiger partial charge in [0.25, 0.3) is 0 Å². The predicted molar refractivity (Wildman–Crippen MR) is 40.6 cm³/mol. The number of nitrogens with zero attached hydrogens (tertiary/aromatic N) is 2. The van der Waals surface area contributed by atoms with E-state index in [9.17, 15) is 0 Å². The molecule has 0 aliphatic heterocycles. The molecule has 0 spiro atoms. The van der Waals surface area contributed by atoms with Gasteiger partial charge in [-0.25, -0.2) is 4.98 Å². The Labute approximate surface area is 64.2 Å². The van der Waals surface area contributed by atoms with E-state index in [2.05, 4.69) is 11.2 Å². The van der Waals surface area contributed by atoms with Crippen LogP contribution < -0.4 is 4.74 Å². The Balaban J connectivity index is 2.79. The first-order chi connectivity index (χ1) is 5.42. The molecule has 3 heteroatoms. The van der Waals surface area contributed by atoms with Crippen LogP contribution in [-0.4, -0.2) is 16.5 Å². The van der Waals surface area contributed by atoms with Crippen LogP contribution in [0.25, 0.3) is 5.65 Å². The van der Waals surface area contributed by atoms with Gasteiger partial charge >= 0.3 is 0 Å². The Bertz CT molecular complexity index is 367. The third kappa shape index (κ3) is 0.852. The van der Waals surface area contributed by atoms with E-state index in [0.29, 0.717) is 0 Å². The zero-order chi connectivity index (χ0) is 7.68. The maximum atomic E-state index is 5.08. The highest BCUT2D eigenvalue weighted by Gasteiger charge is 1.99. The van der Waals surface area contributed by atoms with Crippen LogP contribution in [0.4, 0.5) is 0 Å². The maximum Gasteiger partial charge on any atom is 0.180 e. The second kappa shape index (κ2) is 2.27. The van der Waals surface area contributed by atoms with Gasteiger partial charge in [-0.05, 0) is 12.1 Å². The van der Waals surface area contributed by atoms with E-state index >= 15 is 0 Å². The van der Waals surface area contributed by atoms with Gasteiger partial charge in [-0.15, -0.1) is 0 Å². The monoisotopic (exact) mass is 147 g/mol. The maximum absolute atomic E-state index is 5.08. The number of ether oxygens (including phenoxy) is 1. The molecule has 2 aromatic heterocycles. The number of aromatic nitrogens is 2. The summed E-state index contributed by atoms with van der Waals surface area (Å²) >= 11 is 0. The number of hydrogen-bond donors (Lipinski definition) is 0. The Morgan fingerprint density at radius 2 is 2.55 bits per heavy atom. The average Bonchev–Trinajstić information content (AvgIpc) is 2.50. The topological polar surface area (TPSA) is 26.5 Å². The van der Waals surface area contributed by atoms with E-state index in [4.69, 9.17) is 4.74 Å². The van der Waals surface area contributed by atoms with Gasteiger partial charge in [0.05, 0.1) is 7.11 Å². The van der Waals surface area contributed by atoms with Crippen molar-refractivity contribution in [2.45, 2.75) is 0 Å². The van der Waals surface area contributed by atoms with Gasteiger partial charge in [-0.3, -0.25) is 0 Å². The summed E-state index contributed by atoms with van der Waals surface area (Å²) in [6, 6.07) is 3.78. The van der Waals surface area contributed by atoms with Gasteiger partial charge in [0.2, 0.25) is 0 Å². The highest BCUT2D eigenvalue weighted by atomic mass is 16.5. The summed E-state index contributed by atoms with van der Waals surface area (Å²) in [5.74, 6) is 0.772. The lowest BCUT2D eigenvalue weighted by Gasteiger charge is -1.99. The first-order valence-electron chi connectivity index (χ1n) is 3.29.